The second-order valence-electron chi connectivity index (χ2n) is 4.43. The molecule has 0 aliphatic carbocycles. The molecule has 0 bridgehead atoms. The van der Waals surface area contributed by atoms with E-state index < -0.39 is 0 Å². The van der Waals surface area contributed by atoms with Gasteiger partial charge in [-0.05, 0) is 29.8 Å². The average molecular weight is 269 g/mol. The zero-order valence-corrected chi connectivity index (χ0v) is 11.1. The van der Waals surface area contributed by atoms with Gasteiger partial charge >= 0.3 is 0 Å². The van der Waals surface area contributed by atoms with Gasteiger partial charge < -0.3 is 19.6 Å². The second-order valence-corrected chi connectivity index (χ2v) is 4.43. The molecule has 2 aromatic heterocycles. The topological polar surface area (TPSA) is 61.8 Å². The molecule has 5 nitrogen and oxygen atoms in total. The van der Waals surface area contributed by atoms with Crippen LogP contribution in [0.3, 0.4) is 0 Å². The minimum atomic E-state index is 0.498. The van der Waals surface area contributed by atoms with Gasteiger partial charge in [0.15, 0.2) is 0 Å². The van der Waals surface area contributed by atoms with Crippen LogP contribution in [0.2, 0.25) is 0 Å². The van der Waals surface area contributed by atoms with Gasteiger partial charge in [0.25, 0.3) is 0 Å². The number of fused-ring (bicyclic) bond motifs is 1. The van der Waals surface area contributed by atoms with Crippen LogP contribution in [0.25, 0.3) is 5.65 Å². The number of hydrogen-bond donors (Lipinski definition) is 1. The molecule has 3 rings (SSSR count). The maximum atomic E-state index is 5.75. The summed E-state index contributed by atoms with van der Waals surface area (Å²) in [5.41, 5.74) is 7.53. The molecule has 3 aromatic rings. The van der Waals surface area contributed by atoms with Crippen LogP contribution >= 0.6 is 0 Å². The molecule has 0 amide bonds. The first-order valence-corrected chi connectivity index (χ1v) is 6.24. The van der Waals surface area contributed by atoms with Gasteiger partial charge in [-0.2, -0.15) is 0 Å². The lowest BCUT2D eigenvalue weighted by Crippen LogP contribution is -1.96. The van der Waals surface area contributed by atoms with E-state index in [1.807, 2.05) is 47.0 Å². The van der Waals surface area contributed by atoms with Crippen molar-refractivity contribution in [1.29, 1.82) is 0 Å². The van der Waals surface area contributed by atoms with Gasteiger partial charge in [0.1, 0.15) is 29.6 Å². The number of rotatable bonds is 4. The first-order valence-electron chi connectivity index (χ1n) is 6.24. The lowest BCUT2D eigenvalue weighted by molar-refractivity contribution is 0.304. The molecular formula is C15H15N3O2. The van der Waals surface area contributed by atoms with Crippen LogP contribution in [0.15, 0.2) is 48.8 Å². The number of nitrogens with zero attached hydrogens (tertiary/aromatic N) is 2. The number of imidazole rings is 1. The molecule has 102 valence electrons. The van der Waals surface area contributed by atoms with Crippen LogP contribution in [0.1, 0.15) is 5.56 Å². The molecule has 0 aliphatic rings. The molecule has 0 saturated heterocycles. The predicted molar refractivity (Wildman–Crippen MR) is 76.9 cm³/mol. The Bertz CT molecular complexity index is 720. The molecular weight excluding hydrogens is 254 g/mol. The maximum absolute atomic E-state index is 5.75. The molecule has 0 spiro atoms. The standard InChI is InChI=1S/C15H15N3O2/c1-19-12-4-2-11(3-5-12)10-20-13-6-7-15-17-14(16)9-18(15)8-13/h2-9H,10,16H2,1H3. The number of anilines is 1. The minimum Gasteiger partial charge on any atom is -0.497 e. The van der Waals surface area contributed by atoms with E-state index in [2.05, 4.69) is 4.98 Å². The highest BCUT2D eigenvalue weighted by molar-refractivity contribution is 5.48. The Labute approximate surface area is 116 Å². The molecule has 1 aromatic carbocycles. The highest BCUT2D eigenvalue weighted by Gasteiger charge is 2.01. The van der Waals surface area contributed by atoms with E-state index in [9.17, 15) is 0 Å². The van der Waals surface area contributed by atoms with Crippen molar-refractivity contribution < 1.29 is 9.47 Å². The Hall–Kier alpha value is -2.69. The summed E-state index contributed by atoms with van der Waals surface area (Å²) >= 11 is 0. The average Bonchev–Trinajstić information content (AvgIpc) is 2.85. The first kappa shape index (κ1) is 12.3. The predicted octanol–water partition coefficient (Wildman–Crippen LogP) is 2.50. The van der Waals surface area contributed by atoms with Crippen molar-refractivity contribution in [3.05, 3.63) is 54.4 Å². The minimum absolute atomic E-state index is 0.498. The summed E-state index contributed by atoms with van der Waals surface area (Å²) < 4.78 is 12.7. The van der Waals surface area contributed by atoms with E-state index in [1.54, 1.807) is 13.3 Å². The Morgan fingerprint density at radius 1 is 1.05 bits per heavy atom. The fourth-order valence-electron chi connectivity index (χ4n) is 1.96. The summed E-state index contributed by atoms with van der Waals surface area (Å²) in [5, 5.41) is 0. The molecule has 0 radical (unpaired) electrons. The van der Waals surface area contributed by atoms with Crippen LogP contribution in [-0.4, -0.2) is 16.5 Å². The van der Waals surface area contributed by atoms with Crippen LogP contribution in [0, 0.1) is 0 Å². The molecule has 0 atom stereocenters. The normalized spacial score (nSPS) is 10.7. The van der Waals surface area contributed by atoms with Crippen molar-refractivity contribution >= 4 is 11.5 Å². The third kappa shape index (κ3) is 2.51. The maximum Gasteiger partial charge on any atom is 0.142 e. The van der Waals surface area contributed by atoms with Crippen LogP contribution in [0.4, 0.5) is 5.82 Å². The molecule has 0 aliphatic heterocycles. The summed E-state index contributed by atoms with van der Waals surface area (Å²) in [5.74, 6) is 2.10. The molecule has 0 saturated carbocycles. The van der Waals surface area contributed by atoms with E-state index in [1.165, 1.54) is 0 Å². The second kappa shape index (κ2) is 5.13. The van der Waals surface area contributed by atoms with E-state index in [-0.39, 0.29) is 0 Å². The summed E-state index contributed by atoms with van der Waals surface area (Å²) in [4.78, 5) is 4.16. The molecule has 0 fully saturated rings. The third-order valence-electron chi connectivity index (χ3n) is 3.01. The lowest BCUT2D eigenvalue weighted by Gasteiger charge is -2.07. The number of hydrogen-bond acceptors (Lipinski definition) is 4. The summed E-state index contributed by atoms with van der Waals surface area (Å²) in [7, 11) is 1.65. The molecule has 2 N–H and O–H groups in total. The zero-order valence-electron chi connectivity index (χ0n) is 11.1. The van der Waals surface area contributed by atoms with Crippen molar-refractivity contribution in [2.45, 2.75) is 6.61 Å². The fourth-order valence-corrected chi connectivity index (χ4v) is 1.96. The number of nitrogens with two attached hydrogens (primary N) is 1. The Balaban J connectivity index is 1.72. The Morgan fingerprint density at radius 3 is 2.55 bits per heavy atom. The van der Waals surface area contributed by atoms with E-state index in [4.69, 9.17) is 15.2 Å². The first-order chi connectivity index (χ1) is 9.74. The fraction of sp³-hybridized carbons (Fsp3) is 0.133. The number of pyridine rings is 1. The van der Waals surface area contributed by atoms with Crippen molar-refractivity contribution in [3.8, 4) is 11.5 Å². The number of benzene rings is 1. The number of nitrogen functional groups attached to an aromatic ring is 1. The molecule has 20 heavy (non-hydrogen) atoms. The van der Waals surface area contributed by atoms with Crippen molar-refractivity contribution in [3.63, 3.8) is 0 Å². The van der Waals surface area contributed by atoms with Crippen LogP contribution < -0.4 is 15.2 Å². The monoisotopic (exact) mass is 269 g/mol. The van der Waals surface area contributed by atoms with Gasteiger partial charge in [-0.15, -0.1) is 0 Å². The molecule has 0 unspecified atom stereocenters. The smallest absolute Gasteiger partial charge is 0.142 e. The van der Waals surface area contributed by atoms with E-state index in [0.717, 1.165) is 22.7 Å². The largest absolute Gasteiger partial charge is 0.497 e. The Morgan fingerprint density at radius 2 is 1.80 bits per heavy atom. The lowest BCUT2D eigenvalue weighted by atomic mass is 10.2. The number of aromatic nitrogens is 2. The van der Waals surface area contributed by atoms with Gasteiger partial charge in [-0.1, -0.05) is 12.1 Å². The van der Waals surface area contributed by atoms with Gasteiger partial charge in [0, 0.05) is 0 Å². The van der Waals surface area contributed by atoms with Crippen molar-refractivity contribution in [2.75, 3.05) is 12.8 Å². The summed E-state index contributed by atoms with van der Waals surface area (Å²) in [6, 6.07) is 11.5. The van der Waals surface area contributed by atoms with E-state index in [0.29, 0.717) is 12.4 Å². The van der Waals surface area contributed by atoms with Crippen molar-refractivity contribution in [1.82, 2.24) is 9.38 Å². The van der Waals surface area contributed by atoms with Gasteiger partial charge in [0.2, 0.25) is 0 Å². The highest BCUT2D eigenvalue weighted by atomic mass is 16.5. The number of ether oxygens (including phenoxy) is 2. The van der Waals surface area contributed by atoms with E-state index >= 15 is 0 Å². The third-order valence-corrected chi connectivity index (χ3v) is 3.01. The quantitative estimate of drug-likeness (QED) is 0.790. The molecule has 5 heteroatoms. The summed E-state index contributed by atoms with van der Waals surface area (Å²) in [6.07, 6.45) is 3.62. The highest BCUT2D eigenvalue weighted by Crippen LogP contribution is 2.17. The Kier molecular flexibility index (Phi) is 3.16. The molecule has 2 heterocycles. The van der Waals surface area contributed by atoms with Crippen molar-refractivity contribution in [2.24, 2.45) is 0 Å². The van der Waals surface area contributed by atoms with Crippen LogP contribution in [0.5, 0.6) is 11.5 Å². The summed E-state index contributed by atoms with van der Waals surface area (Å²) in [6.45, 7) is 0.500. The number of methoxy groups -OCH3 is 1. The van der Waals surface area contributed by atoms with Gasteiger partial charge in [-0.3, -0.25) is 0 Å². The SMILES string of the molecule is COc1ccc(COc2ccc3nc(N)cn3c2)cc1. The van der Waals surface area contributed by atoms with Crippen LogP contribution in [-0.2, 0) is 6.61 Å². The zero-order chi connectivity index (χ0) is 13.9. The van der Waals surface area contributed by atoms with Gasteiger partial charge in [-0.25, -0.2) is 4.98 Å². The van der Waals surface area contributed by atoms with Gasteiger partial charge in [0.05, 0.1) is 19.5 Å².